The summed E-state index contributed by atoms with van der Waals surface area (Å²) >= 11 is 26.5. The van der Waals surface area contributed by atoms with Crippen molar-refractivity contribution in [2.24, 2.45) is 0 Å². The van der Waals surface area contributed by atoms with E-state index in [2.05, 4.69) is 31.9 Å². The largest absolute Gasteiger partial charge is 0.497 e. The molecule has 27 heavy (non-hydrogen) atoms. The lowest BCUT2D eigenvalue weighted by molar-refractivity contribution is 0.0934. The molecular formula is C17H15BrCl3N3O2S. The van der Waals surface area contributed by atoms with Gasteiger partial charge in [0.25, 0.3) is 5.91 Å². The minimum atomic E-state index is -1.84. The fourth-order valence-electron chi connectivity index (χ4n) is 2.01. The predicted octanol–water partition coefficient (Wildman–Crippen LogP) is 4.87. The van der Waals surface area contributed by atoms with Gasteiger partial charge in [-0.3, -0.25) is 4.79 Å². The Hall–Kier alpha value is -1.25. The highest BCUT2D eigenvalue weighted by Crippen LogP contribution is 2.29. The van der Waals surface area contributed by atoms with Gasteiger partial charge in [0.05, 0.1) is 7.11 Å². The lowest BCUT2D eigenvalue weighted by Gasteiger charge is -2.27. The third-order valence-corrected chi connectivity index (χ3v) is 4.72. The van der Waals surface area contributed by atoms with Crippen molar-refractivity contribution >= 4 is 79.7 Å². The van der Waals surface area contributed by atoms with Crippen LogP contribution < -0.4 is 20.7 Å². The van der Waals surface area contributed by atoms with Crippen LogP contribution in [0.2, 0.25) is 0 Å². The zero-order chi connectivity index (χ0) is 20.0. The van der Waals surface area contributed by atoms with Crippen LogP contribution in [0.5, 0.6) is 5.75 Å². The van der Waals surface area contributed by atoms with Gasteiger partial charge in [0.15, 0.2) is 5.11 Å². The maximum absolute atomic E-state index is 12.4. The first-order chi connectivity index (χ1) is 12.7. The Kier molecular flexibility index (Phi) is 8.00. The van der Waals surface area contributed by atoms with Crippen molar-refractivity contribution in [3.8, 4) is 5.75 Å². The summed E-state index contributed by atoms with van der Waals surface area (Å²) in [5.41, 5.74) is 1.08. The zero-order valence-corrected chi connectivity index (χ0v) is 18.6. The fourth-order valence-corrected chi connectivity index (χ4v) is 2.84. The van der Waals surface area contributed by atoms with Gasteiger partial charge in [0.1, 0.15) is 11.9 Å². The highest BCUT2D eigenvalue weighted by atomic mass is 79.9. The zero-order valence-electron chi connectivity index (χ0n) is 13.9. The molecule has 0 aliphatic heterocycles. The molecule has 3 N–H and O–H groups in total. The average molecular weight is 512 g/mol. The number of rotatable bonds is 5. The molecule has 0 saturated heterocycles. The maximum Gasteiger partial charge on any atom is 0.252 e. The summed E-state index contributed by atoms with van der Waals surface area (Å²) < 4.78 is 4.16. The van der Waals surface area contributed by atoms with Gasteiger partial charge in [-0.2, -0.15) is 0 Å². The summed E-state index contributed by atoms with van der Waals surface area (Å²) in [5.74, 6) is 0.236. The minimum absolute atomic E-state index is 0.163. The number of carbonyl (C=O) groups excluding carboxylic acids is 1. The van der Waals surface area contributed by atoms with Crippen molar-refractivity contribution in [3.63, 3.8) is 0 Å². The molecule has 0 fully saturated rings. The van der Waals surface area contributed by atoms with Gasteiger partial charge in [-0.1, -0.05) is 56.8 Å². The summed E-state index contributed by atoms with van der Waals surface area (Å²) in [6.45, 7) is 0. The Morgan fingerprint density at radius 1 is 1.15 bits per heavy atom. The van der Waals surface area contributed by atoms with Gasteiger partial charge in [-0.25, -0.2) is 0 Å². The lowest BCUT2D eigenvalue weighted by Crippen LogP contribution is -2.56. The Morgan fingerprint density at radius 2 is 1.81 bits per heavy atom. The second-order valence-electron chi connectivity index (χ2n) is 5.29. The van der Waals surface area contributed by atoms with E-state index in [1.54, 1.807) is 55.6 Å². The lowest BCUT2D eigenvalue weighted by atomic mass is 10.2. The number of anilines is 1. The summed E-state index contributed by atoms with van der Waals surface area (Å²) in [6.07, 6.45) is -1.07. The van der Waals surface area contributed by atoms with E-state index in [-0.39, 0.29) is 5.11 Å². The van der Waals surface area contributed by atoms with Gasteiger partial charge in [0, 0.05) is 21.8 Å². The van der Waals surface area contributed by atoms with E-state index in [0.29, 0.717) is 17.0 Å². The molecule has 2 aromatic rings. The third-order valence-electron chi connectivity index (χ3n) is 3.31. The standard InChI is InChI=1S/C17H15BrCl3N3O2S/c1-26-13-4-2-3-12(9-13)22-16(27)24-15(17(19,20)21)23-14(25)10-5-7-11(18)8-6-10/h2-9,15H,1H3,(H,23,25)(H2,22,24,27). The molecule has 0 aliphatic rings. The van der Waals surface area contributed by atoms with Crippen LogP contribution in [0.3, 0.4) is 0 Å². The van der Waals surface area contributed by atoms with E-state index < -0.39 is 15.9 Å². The van der Waals surface area contributed by atoms with E-state index in [4.69, 9.17) is 51.8 Å². The van der Waals surface area contributed by atoms with E-state index in [9.17, 15) is 4.79 Å². The van der Waals surface area contributed by atoms with Crippen molar-refractivity contribution in [2.75, 3.05) is 12.4 Å². The molecule has 1 atom stereocenters. The number of hydrogen-bond acceptors (Lipinski definition) is 3. The van der Waals surface area contributed by atoms with Gasteiger partial charge in [0.2, 0.25) is 3.79 Å². The van der Waals surface area contributed by atoms with Gasteiger partial charge < -0.3 is 20.7 Å². The number of amides is 1. The molecule has 1 unspecified atom stereocenters. The van der Waals surface area contributed by atoms with Crippen LogP contribution in [0.15, 0.2) is 53.0 Å². The first-order valence-electron chi connectivity index (χ1n) is 7.54. The molecule has 10 heteroatoms. The van der Waals surface area contributed by atoms with Crippen LogP contribution in [0.4, 0.5) is 5.69 Å². The quantitative estimate of drug-likeness (QED) is 0.304. The second kappa shape index (κ2) is 9.80. The SMILES string of the molecule is COc1cccc(NC(=S)NC(NC(=O)c2ccc(Br)cc2)C(Cl)(Cl)Cl)c1. The average Bonchev–Trinajstić information content (AvgIpc) is 2.61. The molecule has 0 bridgehead atoms. The summed E-state index contributed by atoms with van der Waals surface area (Å²) in [6, 6.07) is 13.9. The monoisotopic (exact) mass is 509 g/mol. The van der Waals surface area contributed by atoms with Crippen molar-refractivity contribution in [2.45, 2.75) is 9.96 Å². The molecule has 0 saturated carbocycles. The molecule has 0 aromatic heterocycles. The number of nitrogens with one attached hydrogen (secondary N) is 3. The number of thiocarbonyl (C=S) groups is 1. The number of halogens is 4. The number of hydrogen-bond donors (Lipinski definition) is 3. The Morgan fingerprint density at radius 3 is 2.41 bits per heavy atom. The number of alkyl halides is 3. The Labute approximate surface area is 185 Å². The maximum atomic E-state index is 12.4. The Balaban J connectivity index is 2.06. The Bertz CT molecular complexity index is 816. The van der Waals surface area contributed by atoms with Crippen LogP contribution in [0.25, 0.3) is 0 Å². The molecule has 0 aliphatic carbocycles. The van der Waals surface area contributed by atoms with E-state index in [1.807, 2.05) is 0 Å². The molecule has 5 nitrogen and oxygen atoms in total. The number of ether oxygens (including phenoxy) is 1. The van der Waals surface area contributed by atoms with Crippen molar-refractivity contribution in [3.05, 3.63) is 58.6 Å². The smallest absolute Gasteiger partial charge is 0.252 e. The van der Waals surface area contributed by atoms with Gasteiger partial charge in [-0.05, 0) is 48.6 Å². The van der Waals surface area contributed by atoms with Crippen molar-refractivity contribution in [1.29, 1.82) is 0 Å². The molecule has 144 valence electrons. The molecule has 0 heterocycles. The summed E-state index contributed by atoms with van der Waals surface area (Å²) in [4.78, 5) is 12.4. The third kappa shape index (κ3) is 7.01. The normalized spacial score (nSPS) is 12.0. The number of benzene rings is 2. The highest BCUT2D eigenvalue weighted by Gasteiger charge is 2.34. The van der Waals surface area contributed by atoms with Crippen LogP contribution in [0.1, 0.15) is 10.4 Å². The molecule has 2 rings (SSSR count). The second-order valence-corrected chi connectivity index (χ2v) is 8.98. The predicted molar refractivity (Wildman–Crippen MR) is 118 cm³/mol. The van der Waals surface area contributed by atoms with Crippen LogP contribution in [-0.4, -0.2) is 28.1 Å². The minimum Gasteiger partial charge on any atom is -0.497 e. The van der Waals surface area contributed by atoms with E-state index >= 15 is 0 Å². The topological polar surface area (TPSA) is 62.4 Å². The van der Waals surface area contributed by atoms with Crippen LogP contribution >= 0.6 is 63.0 Å². The van der Waals surface area contributed by atoms with Crippen LogP contribution in [-0.2, 0) is 0 Å². The number of methoxy groups -OCH3 is 1. The first kappa shape index (κ1) is 22.0. The molecule has 0 spiro atoms. The molecule has 0 radical (unpaired) electrons. The summed E-state index contributed by atoms with van der Waals surface area (Å²) in [7, 11) is 1.56. The molecule has 1 amide bonds. The molecular weight excluding hydrogens is 497 g/mol. The fraction of sp³-hybridized carbons (Fsp3) is 0.176. The summed E-state index contributed by atoms with van der Waals surface area (Å²) in [5, 5.41) is 8.53. The van der Waals surface area contributed by atoms with Crippen molar-refractivity contribution in [1.82, 2.24) is 10.6 Å². The number of carbonyl (C=O) groups is 1. The van der Waals surface area contributed by atoms with Gasteiger partial charge >= 0.3 is 0 Å². The highest BCUT2D eigenvalue weighted by molar-refractivity contribution is 9.10. The van der Waals surface area contributed by atoms with Crippen molar-refractivity contribution < 1.29 is 9.53 Å². The van der Waals surface area contributed by atoms with Crippen LogP contribution in [0, 0.1) is 0 Å². The first-order valence-corrected chi connectivity index (χ1v) is 9.87. The van der Waals surface area contributed by atoms with Gasteiger partial charge in [-0.15, -0.1) is 0 Å². The molecule has 2 aromatic carbocycles. The van der Waals surface area contributed by atoms with E-state index in [1.165, 1.54) is 0 Å². The van der Waals surface area contributed by atoms with E-state index in [0.717, 1.165) is 4.47 Å².